The largest absolute Gasteiger partial charge is 0.378 e. The first-order chi connectivity index (χ1) is 15.6. The molecule has 2 heterocycles. The third kappa shape index (κ3) is 9.40. The van der Waals surface area contributed by atoms with Gasteiger partial charge in [-0.15, -0.1) is 23.5 Å². The Morgan fingerprint density at radius 3 is 2.69 bits per heavy atom. The van der Waals surface area contributed by atoms with Gasteiger partial charge in [-0.3, -0.25) is 4.79 Å². The van der Waals surface area contributed by atoms with E-state index in [4.69, 9.17) is 0 Å². The Kier molecular flexibility index (Phi) is 11.3. The Morgan fingerprint density at radius 1 is 1.16 bits per heavy atom. The molecule has 2 atom stereocenters. The van der Waals surface area contributed by atoms with Gasteiger partial charge in [0.15, 0.2) is 0 Å². The Balaban J connectivity index is 1.27. The molecule has 2 aliphatic heterocycles. The van der Waals surface area contributed by atoms with Crippen LogP contribution in [0.15, 0.2) is 30.3 Å². The van der Waals surface area contributed by atoms with Gasteiger partial charge >= 0.3 is 0 Å². The number of nitrogens with zero attached hydrogens (tertiary/aromatic N) is 2. The number of nitrogens with one attached hydrogen (secondary N) is 1. The molecule has 6 heteroatoms. The minimum absolute atomic E-state index is 0.231. The molecule has 1 amide bonds. The third-order valence-electron chi connectivity index (χ3n) is 6.28. The average Bonchev–Trinajstić information content (AvgIpc) is 2.82. The second-order valence-corrected chi connectivity index (χ2v) is 12.1. The SMILES string of the molecule is CN(C)c1ccc(/C=C/C2SCCC(CCCCC(=O)NCCN3CCCCC3)S2)cc1. The maximum atomic E-state index is 12.1. The molecular formula is C26H41N3OS2. The molecule has 3 rings (SSSR count). The number of likely N-dealkylation sites (tertiary alicyclic amines) is 1. The molecule has 2 aliphatic rings. The molecule has 0 bridgehead atoms. The summed E-state index contributed by atoms with van der Waals surface area (Å²) in [4.78, 5) is 16.7. The van der Waals surface area contributed by atoms with Crippen molar-refractivity contribution >= 4 is 41.2 Å². The third-order valence-corrected chi connectivity index (χ3v) is 9.26. The lowest BCUT2D eigenvalue weighted by atomic mass is 10.1. The molecule has 2 unspecified atom stereocenters. The lowest BCUT2D eigenvalue weighted by Gasteiger charge is -2.26. The normalized spacial score (nSPS) is 22.2. The summed E-state index contributed by atoms with van der Waals surface area (Å²) in [6.07, 6.45) is 14.0. The van der Waals surface area contributed by atoms with Gasteiger partial charge < -0.3 is 15.1 Å². The Hall–Kier alpha value is -1.11. The first-order valence-electron chi connectivity index (χ1n) is 12.3. The van der Waals surface area contributed by atoms with Gasteiger partial charge in [0.25, 0.3) is 0 Å². The van der Waals surface area contributed by atoms with E-state index in [0.29, 0.717) is 11.0 Å². The Labute approximate surface area is 204 Å². The maximum Gasteiger partial charge on any atom is 0.220 e. The molecule has 32 heavy (non-hydrogen) atoms. The van der Waals surface area contributed by atoms with Crippen molar-refractivity contribution in [1.29, 1.82) is 0 Å². The molecule has 1 aromatic carbocycles. The number of carbonyl (C=O) groups is 1. The van der Waals surface area contributed by atoms with E-state index in [2.05, 4.69) is 89.2 Å². The number of hydrogen-bond donors (Lipinski definition) is 1. The highest BCUT2D eigenvalue weighted by atomic mass is 32.2. The number of carbonyl (C=O) groups excluding carboxylic acids is 1. The number of piperidine rings is 1. The van der Waals surface area contributed by atoms with Crippen molar-refractivity contribution in [2.75, 3.05) is 50.9 Å². The number of benzene rings is 1. The quantitative estimate of drug-likeness (QED) is 0.428. The second-order valence-electron chi connectivity index (χ2n) is 9.13. The number of hydrogen-bond acceptors (Lipinski definition) is 5. The van der Waals surface area contributed by atoms with Crippen molar-refractivity contribution in [3.8, 4) is 0 Å². The summed E-state index contributed by atoms with van der Waals surface area (Å²) in [7, 11) is 4.15. The van der Waals surface area contributed by atoms with E-state index in [-0.39, 0.29) is 5.91 Å². The highest BCUT2D eigenvalue weighted by molar-refractivity contribution is 8.18. The van der Waals surface area contributed by atoms with Crippen molar-refractivity contribution in [2.24, 2.45) is 0 Å². The predicted molar refractivity (Wildman–Crippen MR) is 144 cm³/mol. The van der Waals surface area contributed by atoms with Gasteiger partial charge in [0.2, 0.25) is 5.91 Å². The standard InChI is InChI=1S/C26H41N3OS2/c1-28(2)23-13-10-22(11-14-23)12-15-26-31-21-16-24(32-26)8-4-5-9-25(30)27-17-20-29-18-6-3-7-19-29/h10-15,24,26H,3-9,16-21H2,1-2H3,(H,27,30)/b15-12+. The van der Waals surface area contributed by atoms with Gasteiger partial charge in [-0.25, -0.2) is 0 Å². The molecule has 1 N–H and O–H groups in total. The predicted octanol–water partition coefficient (Wildman–Crippen LogP) is 5.49. The molecule has 0 radical (unpaired) electrons. The van der Waals surface area contributed by atoms with Crippen LogP contribution in [-0.4, -0.2) is 66.7 Å². The van der Waals surface area contributed by atoms with Gasteiger partial charge in [-0.2, -0.15) is 0 Å². The van der Waals surface area contributed by atoms with E-state index >= 15 is 0 Å². The van der Waals surface area contributed by atoms with Crippen LogP contribution < -0.4 is 10.2 Å². The van der Waals surface area contributed by atoms with Crippen LogP contribution in [-0.2, 0) is 4.79 Å². The van der Waals surface area contributed by atoms with Crippen LogP contribution in [0.4, 0.5) is 5.69 Å². The minimum atomic E-state index is 0.231. The van der Waals surface area contributed by atoms with E-state index in [1.54, 1.807) is 0 Å². The Morgan fingerprint density at radius 2 is 1.94 bits per heavy atom. The molecule has 2 fully saturated rings. The van der Waals surface area contributed by atoms with Crippen molar-refractivity contribution in [3.63, 3.8) is 0 Å². The van der Waals surface area contributed by atoms with E-state index in [1.165, 1.54) is 62.2 Å². The highest BCUT2D eigenvalue weighted by Crippen LogP contribution is 2.39. The van der Waals surface area contributed by atoms with E-state index in [0.717, 1.165) is 31.2 Å². The van der Waals surface area contributed by atoms with Crippen LogP contribution >= 0.6 is 23.5 Å². The van der Waals surface area contributed by atoms with Crippen molar-refractivity contribution < 1.29 is 4.79 Å². The molecular weight excluding hydrogens is 434 g/mol. The molecule has 0 aromatic heterocycles. The zero-order valence-corrected chi connectivity index (χ0v) is 21.6. The number of thioether (sulfide) groups is 2. The summed E-state index contributed by atoms with van der Waals surface area (Å²) in [6.45, 7) is 4.22. The van der Waals surface area contributed by atoms with Crippen LogP contribution in [0.3, 0.4) is 0 Å². The monoisotopic (exact) mass is 475 g/mol. The van der Waals surface area contributed by atoms with Crippen molar-refractivity contribution in [1.82, 2.24) is 10.2 Å². The summed E-state index contributed by atoms with van der Waals surface area (Å²) >= 11 is 4.17. The highest BCUT2D eigenvalue weighted by Gasteiger charge is 2.21. The first kappa shape index (κ1) is 25.5. The number of rotatable bonds is 11. The second kappa shape index (κ2) is 14.2. The van der Waals surface area contributed by atoms with Crippen LogP contribution in [0.2, 0.25) is 0 Å². The summed E-state index contributed by atoms with van der Waals surface area (Å²) in [6, 6.07) is 8.74. The first-order valence-corrected chi connectivity index (χ1v) is 14.3. The molecule has 178 valence electrons. The summed E-state index contributed by atoms with van der Waals surface area (Å²) in [5, 5.41) is 3.84. The number of anilines is 1. The fourth-order valence-corrected chi connectivity index (χ4v) is 7.45. The van der Waals surface area contributed by atoms with Gasteiger partial charge in [0.05, 0.1) is 4.58 Å². The number of amides is 1. The summed E-state index contributed by atoms with van der Waals surface area (Å²) in [5.41, 5.74) is 2.50. The smallest absolute Gasteiger partial charge is 0.220 e. The lowest BCUT2D eigenvalue weighted by Crippen LogP contribution is -2.37. The van der Waals surface area contributed by atoms with E-state index < -0.39 is 0 Å². The Bertz CT molecular complexity index is 702. The fourth-order valence-electron chi connectivity index (χ4n) is 4.28. The zero-order valence-electron chi connectivity index (χ0n) is 19.9. The van der Waals surface area contributed by atoms with Gasteiger partial charge in [-0.1, -0.05) is 37.1 Å². The molecule has 0 aliphatic carbocycles. The topological polar surface area (TPSA) is 35.6 Å². The van der Waals surface area contributed by atoms with E-state index in [9.17, 15) is 4.79 Å². The summed E-state index contributed by atoms with van der Waals surface area (Å²) in [5.74, 6) is 1.47. The molecule has 0 saturated carbocycles. The molecule has 1 aromatic rings. The van der Waals surface area contributed by atoms with Gasteiger partial charge in [0, 0.05) is 44.5 Å². The molecule has 4 nitrogen and oxygen atoms in total. The fraction of sp³-hybridized carbons (Fsp3) is 0.654. The van der Waals surface area contributed by atoms with Gasteiger partial charge in [0.1, 0.15) is 0 Å². The zero-order chi connectivity index (χ0) is 22.6. The summed E-state index contributed by atoms with van der Waals surface area (Å²) < 4.78 is 0.542. The van der Waals surface area contributed by atoms with Gasteiger partial charge in [-0.05, 0) is 68.6 Å². The van der Waals surface area contributed by atoms with Crippen LogP contribution in [0, 0.1) is 0 Å². The van der Waals surface area contributed by atoms with Crippen LogP contribution in [0.5, 0.6) is 0 Å². The van der Waals surface area contributed by atoms with Crippen LogP contribution in [0.25, 0.3) is 6.08 Å². The maximum absolute atomic E-state index is 12.1. The van der Waals surface area contributed by atoms with Crippen LogP contribution in [0.1, 0.15) is 56.9 Å². The number of unbranched alkanes of at least 4 members (excludes halogenated alkanes) is 1. The van der Waals surface area contributed by atoms with Crippen molar-refractivity contribution in [2.45, 2.75) is 61.2 Å². The average molecular weight is 476 g/mol. The molecule has 2 saturated heterocycles. The molecule has 0 spiro atoms. The van der Waals surface area contributed by atoms with E-state index in [1.807, 2.05) is 0 Å². The lowest BCUT2D eigenvalue weighted by molar-refractivity contribution is -0.121. The van der Waals surface area contributed by atoms with Crippen molar-refractivity contribution in [3.05, 3.63) is 35.9 Å². The minimum Gasteiger partial charge on any atom is -0.378 e.